The summed E-state index contributed by atoms with van der Waals surface area (Å²) in [6.07, 6.45) is 0. The average Bonchev–Trinajstić information content (AvgIpc) is 3.48. The van der Waals surface area contributed by atoms with Gasteiger partial charge in [0.2, 0.25) is 5.82 Å². The Kier molecular flexibility index (Phi) is 7.23. The summed E-state index contributed by atoms with van der Waals surface area (Å²) >= 11 is 0. The third-order valence-electron chi connectivity index (χ3n) is 5.05. The van der Waals surface area contributed by atoms with Gasteiger partial charge in [-0.2, -0.15) is 4.98 Å². The Hall–Kier alpha value is -3.40. The van der Waals surface area contributed by atoms with Crippen molar-refractivity contribution in [3.05, 3.63) is 48.2 Å². The van der Waals surface area contributed by atoms with E-state index in [4.69, 9.17) is 18.4 Å². The van der Waals surface area contributed by atoms with Gasteiger partial charge in [-0.1, -0.05) is 5.16 Å². The van der Waals surface area contributed by atoms with Crippen LogP contribution in [-0.2, 0) is 6.54 Å². The number of hydrogen-bond acceptors (Lipinski definition) is 9. The van der Waals surface area contributed by atoms with Crippen LogP contribution in [0.4, 0.5) is 0 Å². The first-order chi connectivity index (χ1) is 16.1. The van der Waals surface area contributed by atoms with Crippen LogP contribution in [0, 0.1) is 0 Å². The summed E-state index contributed by atoms with van der Waals surface area (Å²) in [5.74, 6) is 2.83. The van der Waals surface area contributed by atoms with Crippen LogP contribution in [0.5, 0.6) is 11.5 Å². The number of nitrogens with zero attached hydrogens (tertiary/aromatic N) is 2. The fourth-order valence-corrected chi connectivity index (χ4v) is 3.40. The monoisotopic (exact) mass is 453 g/mol. The number of aromatic nitrogens is 2. The molecule has 0 radical (unpaired) electrons. The van der Waals surface area contributed by atoms with E-state index in [-0.39, 0.29) is 13.2 Å². The lowest BCUT2D eigenvalue weighted by atomic mass is 10.1. The van der Waals surface area contributed by atoms with Gasteiger partial charge in [-0.25, -0.2) is 0 Å². The van der Waals surface area contributed by atoms with Gasteiger partial charge in [-0.3, -0.25) is 0 Å². The molecule has 0 saturated heterocycles. The molecule has 0 atom stereocenters. The van der Waals surface area contributed by atoms with Crippen molar-refractivity contribution >= 4 is 11.0 Å². The molecule has 2 heterocycles. The minimum Gasteiger partial charge on any atom is -0.490 e. The number of aliphatic hydroxyl groups is 2. The number of furan rings is 1. The summed E-state index contributed by atoms with van der Waals surface area (Å²) in [5, 5.41) is 26.4. The fourth-order valence-electron chi connectivity index (χ4n) is 3.40. The molecule has 0 spiro atoms. The van der Waals surface area contributed by atoms with Crippen LogP contribution < -0.4 is 14.8 Å². The molecule has 174 valence electrons. The summed E-state index contributed by atoms with van der Waals surface area (Å²) < 4.78 is 22.6. The molecular weight excluding hydrogens is 426 g/mol. The minimum atomic E-state index is -0.391. The second-order valence-corrected chi connectivity index (χ2v) is 7.36. The molecule has 0 fully saturated rings. The lowest BCUT2D eigenvalue weighted by molar-refractivity contribution is 0.168. The van der Waals surface area contributed by atoms with E-state index in [0.29, 0.717) is 48.7 Å². The molecule has 3 N–H and O–H groups in total. The van der Waals surface area contributed by atoms with Gasteiger partial charge in [0, 0.05) is 16.5 Å². The maximum absolute atomic E-state index is 9.18. The number of aliphatic hydroxyl groups excluding tert-OH is 2. The number of benzene rings is 2. The van der Waals surface area contributed by atoms with E-state index in [0.717, 1.165) is 22.1 Å². The van der Waals surface area contributed by atoms with Crippen molar-refractivity contribution in [2.24, 2.45) is 0 Å². The highest BCUT2D eigenvalue weighted by Gasteiger charge is 2.15. The number of hydrogen-bond donors (Lipinski definition) is 3. The largest absolute Gasteiger partial charge is 0.490 e. The van der Waals surface area contributed by atoms with Gasteiger partial charge in [-0.15, -0.1) is 0 Å². The first-order valence-electron chi connectivity index (χ1n) is 10.9. The number of ether oxygens (including phenoxy) is 2. The Morgan fingerprint density at radius 2 is 1.70 bits per heavy atom. The van der Waals surface area contributed by atoms with E-state index in [1.807, 2.05) is 56.3 Å². The summed E-state index contributed by atoms with van der Waals surface area (Å²) in [6.45, 7) is 4.98. The molecule has 33 heavy (non-hydrogen) atoms. The Bertz CT molecular complexity index is 1200. The fraction of sp³-hybridized carbons (Fsp3) is 0.333. The zero-order valence-corrected chi connectivity index (χ0v) is 18.6. The van der Waals surface area contributed by atoms with E-state index in [1.165, 1.54) is 0 Å². The summed E-state index contributed by atoms with van der Waals surface area (Å²) in [4.78, 5) is 4.55. The van der Waals surface area contributed by atoms with Crippen LogP contribution in [0.1, 0.15) is 19.6 Å². The second kappa shape index (κ2) is 10.5. The molecule has 0 unspecified atom stereocenters. The van der Waals surface area contributed by atoms with Crippen LogP contribution in [0.2, 0.25) is 0 Å². The number of fused-ring (bicyclic) bond motifs is 1. The molecule has 0 amide bonds. The van der Waals surface area contributed by atoms with Gasteiger partial charge in [0.15, 0.2) is 11.5 Å². The zero-order chi connectivity index (χ0) is 23.2. The minimum absolute atomic E-state index is 0.151. The molecule has 2 aromatic carbocycles. The first-order valence-corrected chi connectivity index (χ1v) is 10.9. The van der Waals surface area contributed by atoms with Crippen molar-refractivity contribution in [2.75, 3.05) is 26.4 Å². The first kappa shape index (κ1) is 22.8. The number of rotatable bonds is 11. The van der Waals surface area contributed by atoms with Crippen molar-refractivity contribution in [3.8, 4) is 34.3 Å². The van der Waals surface area contributed by atoms with E-state index in [2.05, 4.69) is 15.5 Å². The third-order valence-corrected chi connectivity index (χ3v) is 5.05. The van der Waals surface area contributed by atoms with Gasteiger partial charge in [0.1, 0.15) is 11.3 Å². The lowest BCUT2D eigenvalue weighted by Gasteiger charge is -2.11. The SMILES string of the molecule is CCOc1ccc(-c2nc(-c3ccc4oc(CNC(CO)CO)cc4c3)no2)cc1OCC. The van der Waals surface area contributed by atoms with E-state index < -0.39 is 6.04 Å². The molecule has 0 saturated carbocycles. The van der Waals surface area contributed by atoms with Crippen LogP contribution >= 0.6 is 0 Å². The average molecular weight is 453 g/mol. The Morgan fingerprint density at radius 3 is 2.45 bits per heavy atom. The van der Waals surface area contributed by atoms with Gasteiger partial charge < -0.3 is 33.9 Å². The summed E-state index contributed by atoms with van der Waals surface area (Å²) in [7, 11) is 0. The van der Waals surface area contributed by atoms with Gasteiger partial charge >= 0.3 is 0 Å². The van der Waals surface area contributed by atoms with E-state index in [9.17, 15) is 10.2 Å². The van der Waals surface area contributed by atoms with Crippen LogP contribution in [0.25, 0.3) is 33.8 Å². The van der Waals surface area contributed by atoms with Gasteiger partial charge in [0.05, 0.1) is 39.0 Å². The van der Waals surface area contributed by atoms with Crippen LogP contribution in [0.15, 0.2) is 51.4 Å². The molecule has 9 nitrogen and oxygen atoms in total. The molecule has 0 aliphatic carbocycles. The third kappa shape index (κ3) is 5.16. The highest BCUT2D eigenvalue weighted by molar-refractivity contribution is 5.83. The van der Waals surface area contributed by atoms with Gasteiger partial charge in [0.25, 0.3) is 5.89 Å². The van der Waals surface area contributed by atoms with E-state index in [1.54, 1.807) is 0 Å². The molecule has 4 rings (SSSR count). The standard InChI is InChI=1S/C24H27N3O6/c1-3-30-21-8-6-16(11-22(21)31-4-2)24-26-23(27-33-24)15-5-7-20-17(9-15)10-19(32-20)12-25-18(13-28)14-29/h5-11,18,25,28-29H,3-4,12-14H2,1-2H3. The highest BCUT2D eigenvalue weighted by atomic mass is 16.5. The molecule has 0 aliphatic rings. The normalized spacial score (nSPS) is 11.4. The van der Waals surface area contributed by atoms with Crippen molar-refractivity contribution < 1.29 is 28.6 Å². The van der Waals surface area contributed by atoms with Crippen molar-refractivity contribution in [2.45, 2.75) is 26.4 Å². The maximum atomic E-state index is 9.18. The highest BCUT2D eigenvalue weighted by Crippen LogP contribution is 2.33. The molecular formula is C24H27N3O6. The molecule has 9 heteroatoms. The topological polar surface area (TPSA) is 123 Å². The van der Waals surface area contributed by atoms with Crippen LogP contribution in [0.3, 0.4) is 0 Å². The summed E-state index contributed by atoms with van der Waals surface area (Å²) in [6, 6.07) is 12.7. The molecule has 0 aliphatic heterocycles. The Labute approximate surface area is 190 Å². The predicted molar refractivity (Wildman–Crippen MR) is 122 cm³/mol. The second-order valence-electron chi connectivity index (χ2n) is 7.36. The van der Waals surface area contributed by atoms with Crippen molar-refractivity contribution in [1.29, 1.82) is 0 Å². The van der Waals surface area contributed by atoms with Crippen molar-refractivity contribution in [1.82, 2.24) is 15.5 Å². The lowest BCUT2D eigenvalue weighted by Crippen LogP contribution is -2.35. The molecule has 0 bridgehead atoms. The molecule has 4 aromatic rings. The summed E-state index contributed by atoms with van der Waals surface area (Å²) in [5.41, 5.74) is 2.25. The molecule has 2 aromatic heterocycles. The van der Waals surface area contributed by atoms with Gasteiger partial charge in [-0.05, 0) is 56.3 Å². The Balaban J connectivity index is 1.55. The smallest absolute Gasteiger partial charge is 0.258 e. The van der Waals surface area contributed by atoms with E-state index >= 15 is 0 Å². The van der Waals surface area contributed by atoms with Crippen LogP contribution in [-0.4, -0.2) is 52.8 Å². The Morgan fingerprint density at radius 1 is 0.939 bits per heavy atom. The predicted octanol–water partition coefficient (Wildman–Crippen LogP) is 3.39. The maximum Gasteiger partial charge on any atom is 0.258 e. The van der Waals surface area contributed by atoms with Crippen molar-refractivity contribution in [3.63, 3.8) is 0 Å². The quantitative estimate of drug-likeness (QED) is 0.313. The zero-order valence-electron chi connectivity index (χ0n) is 18.6. The number of nitrogens with one attached hydrogen (secondary N) is 1.